The van der Waals surface area contributed by atoms with Crippen LogP contribution in [-0.4, -0.2) is 21.5 Å². The van der Waals surface area contributed by atoms with Crippen molar-refractivity contribution in [1.82, 2.24) is 5.01 Å². The Morgan fingerprint density at radius 3 is 2.36 bits per heavy atom. The van der Waals surface area contributed by atoms with Gasteiger partial charge < -0.3 is 8.83 Å². The highest BCUT2D eigenvalue weighted by molar-refractivity contribution is 8.26. The number of thiocarbonyl (C=S) groups is 1. The lowest BCUT2D eigenvalue weighted by Crippen LogP contribution is -2.22. The zero-order chi connectivity index (χ0) is 15.7. The summed E-state index contributed by atoms with van der Waals surface area (Å²) in [5, 5.41) is 5.28. The summed E-state index contributed by atoms with van der Waals surface area (Å²) in [4.78, 5) is 12.8. The Bertz CT molecular complexity index is 801. The minimum Gasteiger partial charge on any atom is -0.462 e. The Morgan fingerprint density at radius 2 is 1.77 bits per heavy atom. The van der Waals surface area contributed by atoms with Crippen molar-refractivity contribution in [3.8, 4) is 0 Å². The van der Waals surface area contributed by atoms with Crippen LogP contribution in [0, 0.1) is 13.8 Å². The molecule has 1 saturated heterocycles. The molecule has 0 radical (unpaired) electrons. The predicted octanol–water partition coefficient (Wildman–Crippen LogP) is 3.72. The van der Waals surface area contributed by atoms with Crippen LogP contribution in [0.3, 0.4) is 0 Å². The van der Waals surface area contributed by atoms with Crippen LogP contribution in [0.1, 0.15) is 23.0 Å². The molecule has 0 aromatic carbocycles. The van der Waals surface area contributed by atoms with Crippen molar-refractivity contribution >= 4 is 46.5 Å². The zero-order valence-electron chi connectivity index (χ0n) is 11.9. The quantitative estimate of drug-likeness (QED) is 0.487. The minimum absolute atomic E-state index is 0.274. The number of hydrogen-bond acceptors (Lipinski definition) is 6. The number of hydrogen-bond donors (Lipinski definition) is 0. The number of thioether (sulfide) groups is 1. The van der Waals surface area contributed by atoms with E-state index in [4.69, 9.17) is 21.1 Å². The van der Waals surface area contributed by atoms with E-state index in [0.717, 1.165) is 11.5 Å². The summed E-state index contributed by atoms with van der Waals surface area (Å²) in [7, 11) is 0. The van der Waals surface area contributed by atoms with Gasteiger partial charge in [0.25, 0.3) is 5.91 Å². The fraction of sp³-hybridized carbons (Fsp3) is 0.133. The van der Waals surface area contributed by atoms with Gasteiger partial charge in [-0.3, -0.25) is 4.79 Å². The van der Waals surface area contributed by atoms with Gasteiger partial charge in [0, 0.05) is 6.08 Å². The highest BCUT2D eigenvalue weighted by Crippen LogP contribution is 2.33. The molecule has 2 aromatic heterocycles. The van der Waals surface area contributed by atoms with E-state index in [1.807, 2.05) is 26.0 Å². The largest absolute Gasteiger partial charge is 0.462 e. The standard InChI is InChI=1S/C15H12N2O3S2/c1-9-3-5-11(19-9)7-13-14(18)17(15(21)22-13)16-8-12-6-4-10(2)20-12/h3-8H,1-2H3. The monoisotopic (exact) mass is 332 g/mol. The average molecular weight is 332 g/mol. The number of carbonyl (C=O) groups is 1. The molecule has 1 aliphatic rings. The van der Waals surface area contributed by atoms with Gasteiger partial charge in [-0.2, -0.15) is 10.1 Å². The molecule has 0 unspecified atom stereocenters. The minimum atomic E-state index is -0.274. The molecule has 1 aliphatic heterocycles. The number of furan rings is 2. The van der Waals surface area contributed by atoms with E-state index in [-0.39, 0.29) is 5.91 Å². The normalized spacial score (nSPS) is 17.4. The fourth-order valence-corrected chi connectivity index (χ4v) is 3.01. The molecular weight excluding hydrogens is 320 g/mol. The number of nitrogens with zero attached hydrogens (tertiary/aromatic N) is 2. The number of hydrazone groups is 1. The third-order valence-corrected chi connectivity index (χ3v) is 4.15. The summed E-state index contributed by atoms with van der Waals surface area (Å²) in [6, 6.07) is 7.24. The summed E-state index contributed by atoms with van der Waals surface area (Å²) in [6.07, 6.45) is 3.14. The van der Waals surface area contributed by atoms with Gasteiger partial charge >= 0.3 is 0 Å². The van der Waals surface area contributed by atoms with Gasteiger partial charge in [0.05, 0.1) is 11.1 Å². The van der Waals surface area contributed by atoms with Crippen LogP contribution in [0.5, 0.6) is 0 Å². The van der Waals surface area contributed by atoms with Crippen LogP contribution in [0.25, 0.3) is 6.08 Å². The highest BCUT2D eigenvalue weighted by atomic mass is 32.2. The highest BCUT2D eigenvalue weighted by Gasteiger charge is 2.32. The zero-order valence-corrected chi connectivity index (χ0v) is 13.5. The molecule has 1 fully saturated rings. The van der Waals surface area contributed by atoms with Crippen molar-refractivity contribution in [3.05, 3.63) is 52.2 Å². The van der Waals surface area contributed by atoms with Crippen molar-refractivity contribution in [2.45, 2.75) is 13.8 Å². The summed E-state index contributed by atoms with van der Waals surface area (Å²) >= 11 is 6.38. The van der Waals surface area contributed by atoms with Crippen LogP contribution >= 0.6 is 24.0 Å². The molecule has 5 nitrogen and oxygen atoms in total. The second kappa shape index (κ2) is 5.94. The molecule has 2 aromatic rings. The van der Waals surface area contributed by atoms with Crippen LogP contribution in [-0.2, 0) is 4.79 Å². The lowest BCUT2D eigenvalue weighted by atomic mass is 10.4. The van der Waals surface area contributed by atoms with Crippen molar-refractivity contribution in [2.24, 2.45) is 5.10 Å². The molecule has 7 heteroatoms. The van der Waals surface area contributed by atoms with Crippen molar-refractivity contribution in [1.29, 1.82) is 0 Å². The van der Waals surface area contributed by atoms with Gasteiger partial charge in [-0.15, -0.1) is 0 Å². The first kappa shape index (κ1) is 14.8. The second-order valence-corrected chi connectivity index (χ2v) is 6.31. The first-order chi connectivity index (χ1) is 10.5. The Labute approximate surface area is 136 Å². The first-order valence-electron chi connectivity index (χ1n) is 6.48. The molecule has 0 bridgehead atoms. The maximum Gasteiger partial charge on any atom is 0.286 e. The van der Waals surface area contributed by atoms with Gasteiger partial charge in [-0.25, -0.2) is 0 Å². The van der Waals surface area contributed by atoms with Crippen LogP contribution in [0.4, 0.5) is 0 Å². The molecular formula is C15H12N2O3S2. The summed E-state index contributed by atoms with van der Waals surface area (Å²) in [5.41, 5.74) is 0. The van der Waals surface area contributed by atoms with E-state index in [0.29, 0.717) is 20.7 Å². The second-order valence-electron chi connectivity index (χ2n) is 4.63. The molecule has 0 saturated carbocycles. The molecule has 0 aliphatic carbocycles. The third-order valence-electron chi connectivity index (χ3n) is 2.87. The Hall–Kier alpha value is -2.12. The van der Waals surface area contributed by atoms with Gasteiger partial charge in [0.1, 0.15) is 23.0 Å². The Kier molecular flexibility index (Phi) is 4.00. The van der Waals surface area contributed by atoms with Gasteiger partial charge in [0.2, 0.25) is 0 Å². The molecule has 3 heterocycles. The predicted molar refractivity (Wildman–Crippen MR) is 89.5 cm³/mol. The van der Waals surface area contributed by atoms with Crippen molar-refractivity contribution < 1.29 is 13.6 Å². The van der Waals surface area contributed by atoms with Gasteiger partial charge in [-0.1, -0.05) is 11.8 Å². The molecule has 1 amide bonds. The number of rotatable bonds is 3. The summed E-state index contributed by atoms with van der Waals surface area (Å²) < 4.78 is 11.2. The van der Waals surface area contributed by atoms with E-state index in [1.54, 1.807) is 18.2 Å². The maximum atomic E-state index is 12.3. The van der Waals surface area contributed by atoms with Gasteiger partial charge in [-0.05, 0) is 50.3 Å². The average Bonchev–Trinajstić information content (AvgIpc) is 3.12. The number of amides is 1. The SMILES string of the molecule is Cc1ccc(C=NN2C(=O)C(=Cc3ccc(C)o3)SC2=S)o1. The van der Waals surface area contributed by atoms with E-state index in [1.165, 1.54) is 23.0 Å². The van der Waals surface area contributed by atoms with Crippen molar-refractivity contribution in [3.63, 3.8) is 0 Å². The van der Waals surface area contributed by atoms with Gasteiger partial charge in [0.15, 0.2) is 4.32 Å². The van der Waals surface area contributed by atoms with E-state index in [2.05, 4.69) is 5.10 Å². The maximum absolute atomic E-state index is 12.3. The molecule has 0 N–H and O–H groups in total. The third kappa shape index (κ3) is 3.05. The topological polar surface area (TPSA) is 59.0 Å². The molecule has 0 atom stereocenters. The summed E-state index contributed by atoms with van der Waals surface area (Å²) in [6.45, 7) is 3.68. The number of carbonyl (C=O) groups excluding carboxylic acids is 1. The lowest BCUT2D eigenvalue weighted by Gasteiger charge is -2.04. The van der Waals surface area contributed by atoms with Crippen molar-refractivity contribution in [2.75, 3.05) is 0 Å². The van der Waals surface area contributed by atoms with E-state index >= 15 is 0 Å². The smallest absolute Gasteiger partial charge is 0.286 e. The Morgan fingerprint density at radius 1 is 1.14 bits per heavy atom. The fourth-order valence-electron chi connectivity index (χ4n) is 1.86. The molecule has 0 spiro atoms. The van der Waals surface area contributed by atoms with Crippen LogP contribution < -0.4 is 0 Å². The number of aryl methyl sites for hydroxylation is 2. The Balaban J connectivity index is 1.79. The van der Waals surface area contributed by atoms with Crippen LogP contribution in [0.2, 0.25) is 0 Å². The molecule has 3 rings (SSSR count). The molecule has 22 heavy (non-hydrogen) atoms. The lowest BCUT2D eigenvalue weighted by molar-refractivity contribution is -0.122. The van der Waals surface area contributed by atoms with E-state index < -0.39 is 0 Å². The van der Waals surface area contributed by atoms with Crippen LogP contribution in [0.15, 0.2) is 43.1 Å². The summed E-state index contributed by atoms with van der Waals surface area (Å²) in [5.74, 6) is 2.47. The van der Waals surface area contributed by atoms with E-state index in [9.17, 15) is 4.79 Å². The molecule has 112 valence electrons. The first-order valence-corrected chi connectivity index (χ1v) is 7.70.